The number of benzene rings is 3. The summed E-state index contributed by atoms with van der Waals surface area (Å²) in [6.45, 7) is 1.89. The van der Waals surface area contributed by atoms with Gasteiger partial charge < -0.3 is 10.1 Å². The highest BCUT2D eigenvalue weighted by atomic mass is 35.5. The minimum Gasteiger partial charge on any atom is -0.457 e. The number of thioether (sulfide) groups is 1. The third kappa shape index (κ3) is 5.88. The molecule has 1 atom stereocenters. The smallest absolute Gasteiger partial charge is 0.337 e. The number of allylic oxidation sites excluding steroid dienone is 2. The van der Waals surface area contributed by atoms with Crippen LogP contribution in [0.4, 0.5) is 0 Å². The quantitative estimate of drug-likeness (QED) is 0.277. The number of esters is 1. The van der Waals surface area contributed by atoms with Crippen LogP contribution in [0.3, 0.4) is 0 Å². The van der Waals surface area contributed by atoms with Gasteiger partial charge in [-0.15, -0.1) is 0 Å². The molecular formula is C29H23ClN2O3S. The Hall–Kier alpha value is -3.79. The molecule has 0 amide bonds. The molecule has 1 unspecified atom stereocenters. The predicted molar refractivity (Wildman–Crippen MR) is 142 cm³/mol. The molecule has 0 bridgehead atoms. The van der Waals surface area contributed by atoms with E-state index in [1.54, 1.807) is 43.3 Å². The third-order valence-corrected chi connectivity index (χ3v) is 7.00. The fraction of sp³-hybridized carbons (Fsp3) is 0.138. The van der Waals surface area contributed by atoms with Gasteiger partial charge in [0.25, 0.3) is 0 Å². The van der Waals surface area contributed by atoms with Gasteiger partial charge in [0, 0.05) is 16.3 Å². The fourth-order valence-electron chi connectivity index (χ4n) is 3.93. The molecule has 1 heterocycles. The highest BCUT2D eigenvalue weighted by Gasteiger charge is 2.35. The van der Waals surface area contributed by atoms with Crippen molar-refractivity contribution in [1.82, 2.24) is 5.32 Å². The molecule has 1 N–H and O–H groups in total. The number of hydrogen-bond donors (Lipinski definition) is 1. The van der Waals surface area contributed by atoms with E-state index < -0.39 is 11.9 Å². The van der Waals surface area contributed by atoms with Gasteiger partial charge in [-0.25, -0.2) is 4.79 Å². The van der Waals surface area contributed by atoms with Crippen LogP contribution in [0.1, 0.15) is 34.3 Å². The highest BCUT2D eigenvalue weighted by molar-refractivity contribution is 8.03. The van der Waals surface area contributed by atoms with E-state index in [2.05, 4.69) is 11.4 Å². The van der Waals surface area contributed by atoms with Crippen LogP contribution < -0.4 is 5.32 Å². The molecule has 1 aliphatic heterocycles. The molecule has 180 valence electrons. The maximum absolute atomic E-state index is 13.3. The van der Waals surface area contributed by atoms with Crippen molar-refractivity contribution in [3.63, 3.8) is 0 Å². The van der Waals surface area contributed by atoms with Gasteiger partial charge in [0.2, 0.25) is 0 Å². The Kier molecular flexibility index (Phi) is 8.27. The summed E-state index contributed by atoms with van der Waals surface area (Å²) < 4.78 is 5.64. The number of ketones is 1. The van der Waals surface area contributed by atoms with Crippen LogP contribution in [-0.4, -0.2) is 17.5 Å². The Morgan fingerprint density at radius 2 is 1.64 bits per heavy atom. The van der Waals surface area contributed by atoms with Gasteiger partial charge in [-0.1, -0.05) is 96.2 Å². The summed E-state index contributed by atoms with van der Waals surface area (Å²) in [5.41, 5.74) is 3.47. The van der Waals surface area contributed by atoms with E-state index >= 15 is 0 Å². The Bertz CT molecular complexity index is 1360. The predicted octanol–water partition coefficient (Wildman–Crippen LogP) is 6.40. The average molecular weight is 515 g/mol. The number of carbonyl (C=O) groups is 2. The van der Waals surface area contributed by atoms with Crippen LogP contribution in [-0.2, 0) is 16.1 Å². The van der Waals surface area contributed by atoms with E-state index in [0.717, 1.165) is 11.1 Å². The Morgan fingerprint density at radius 1 is 1.00 bits per heavy atom. The molecular weight excluding hydrogens is 492 g/mol. The third-order valence-electron chi connectivity index (χ3n) is 5.73. The van der Waals surface area contributed by atoms with Crippen molar-refractivity contribution >= 4 is 35.1 Å². The molecule has 0 saturated carbocycles. The zero-order valence-corrected chi connectivity index (χ0v) is 21.1. The number of Topliss-reactive ketones (excluding diaryl/α,β-unsaturated/α-hetero) is 1. The van der Waals surface area contributed by atoms with Gasteiger partial charge in [0.1, 0.15) is 6.61 Å². The lowest BCUT2D eigenvalue weighted by atomic mass is 9.82. The van der Waals surface area contributed by atoms with Crippen molar-refractivity contribution in [2.45, 2.75) is 19.4 Å². The molecule has 3 aromatic carbocycles. The first-order chi connectivity index (χ1) is 17.5. The van der Waals surface area contributed by atoms with Crippen molar-refractivity contribution < 1.29 is 14.3 Å². The number of dihydropyridines is 1. The van der Waals surface area contributed by atoms with Gasteiger partial charge in [-0.3, -0.25) is 4.79 Å². The number of rotatable bonds is 8. The van der Waals surface area contributed by atoms with Crippen LogP contribution in [0.25, 0.3) is 0 Å². The van der Waals surface area contributed by atoms with Crippen LogP contribution in [0.2, 0.25) is 5.02 Å². The molecule has 36 heavy (non-hydrogen) atoms. The number of nitrogens with zero attached hydrogens (tertiary/aromatic N) is 1. The summed E-state index contributed by atoms with van der Waals surface area (Å²) in [5.74, 6) is -1.08. The molecule has 4 rings (SSSR count). The first-order valence-corrected chi connectivity index (χ1v) is 12.6. The molecule has 0 fully saturated rings. The SMILES string of the molecule is CC1=C(C(=O)OCc2ccccc2)C(c2ccc(Cl)cc2)C(C#N)=C(SCC(=O)c2ccccc2)N1. The van der Waals surface area contributed by atoms with Crippen LogP contribution in [0, 0.1) is 11.3 Å². The first-order valence-electron chi connectivity index (χ1n) is 11.3. The second kappa shape index (κ2) is 11.8. The second-order valence-corrected chi connectivity index (χ2v) is 9.56. The number of carbonyl (C=O) groups excluding carboxylic acids is 2. The maximum atomic E-state index is 13.3. The molecule has 0 radical (unpaired) electrons. The van der Waals surface area contributed by atoms with E-state index in [-0.39, 0.29) is 18.1 Å². The molecule has 0 aromatic heterocycles. The van der Waals surface area contributed by atoms with Crippen molar-refractivity contribution in [2.75, 3.05) is 5.75 Å². The Labute approximate surface area is 219 Å². The molecule has 0 saturated heterocycles. The normalized spacial score (nSPS) is 15.2. The van der Waals surface area contributed by atoms with Gasteiger partial charge in [-0.05, 0) is 30.2 Å². The number of halogens is 1. The van der Waals surface area contributed by atoms with Crippen LogP contribution in [0.15, 0.2) is 107 Å². The largest absolute Gasteiger partial charge is 0.457 e. The van der Waals surface area contributed by atoms with E-state index in [0.29, 0.717) is 32.5 Å². The molecule has 1 aliphatic rings. The lowest BCUT2D eigenvalue weighted by molar-refractivity contribution is -0.140. The Morgan fingerprint density at radius 3 is 2.28 bits per heavy atom. The van der Waals surface area contributed by atoms with Crippen molar-refractivity contribution in [3.05, 3.63) is 129 Å². The summed E-state index contributed by atoms with van der Waals surface area (Å²) >= 11 is 7.35. The van der Waals surface area contributed by atoms with E-state index in [1.807, 2.05) is 48.5 Å². The van der Waals surface area contributed by atoms with Crippen LogP contribution >= 0.6 is 23.4 Å². The minimum atomic E-state index is -0.661. The number of nitriles is 1. The number of ether oxygens (including phenoxy) is 1. The van der Waals surface area contributed by atoms with Crippen molar-refractivity contribution in [3.8, 4) is 6.07 Å². The van der Waals surface area contributed by atoms with Gasteiger partial charge in [0.05, 0.1) is 33.9 Å². The molecule has 5 nitrogen and oxygen atoms in total. The molecule has 7 heteroatoms. The van der Waals surface area contributed by atoms with E-state index in [9.17, 15) is 14.9 Å². The number of hydrogen-bond acceptors (Lipinski definition) is 6. The summed E-state index contributed by atoms with van der Waals surface area (Å²) in [6.07, 6.45) is 0. The monoisotopic (exact) mass is 514 g/mol. The average Bonchev–Trinajstić information content (AvgIpc) is 2.91. The summed E-state index contributed by atoms with van der Waals surface area (Å²) in [6, 6.07) is 27.7. The lowest BCUT2D eigenvalue weighted by Gasteiger charge is -2.29. The summed E-state index contributed by atoms with van der Waals surface area (Å²) in [5, 5.41) is 14.5. The second-order valence-electron chi connectivity index (χ2n) is 8.14. The zero-order valence-electron chi connectivity index (χ0n) is 19.5. The van der Waals surface area contributed by atoms with E-state index in [4.69, 9.17) is 16.3 Å². The first kappa shape index (κ1) is 25.3. The molecule has 0 spiro atoms. The van der Waals surface area contributed by atoms with E-state index in [1.165, 1.54) is 11.8 Å². The lowest BCUT2D eigenvalue weighted by Crippen LogP contribution is -2.29. The van der Waals surface area contributed by atoms with Crippen molar-refractivity contribution in [2.24, 2.45) is 0 Å². The van der Waals surface area contributed by atoms with Gasteiger partial charge >= 0.3 is 5.97 Å². The van der Waals surface area contributed by atoms with Crippen LogP contribution in [0.5, 0.6) is 0 Å². The topological polar surface area (TPSA) is 79.2 Å². The molecule has 0 aliphatic carbocycles. The number of nitrogens with one attached hydrogen (secondary N) is 1. The minimum absolute atomic E-state index is 0.0510. The fourth-order valence-corrected chi connectivity index (χ4v) is 5.04. The standard InChI is InChI=1S/C29H23ClN2O3S/c1-19-26(29(34)35-17-20-8-4-2-5-9-20)27(22-12-14-23(30)15-13-22)24(16-31)28(32-19)36-18-25(33)21-10-6-3-7-11-21/h2-15,27,32H,17-18H2,1H3. The van der Waals surface area contributed by atoms with Gasteiger partial charge in [0.15, 0.2) is 5.78 Å². The van der Waals surface area contributed by atoms with Crippen molar-refractivity contribution in [1.29, 1.82) is 5.26 Å². The summed E-state index contributed by atoms with van der Waals surface area (Å²) in [4.78, 5) is 26.0. The molecule has 3 aromatic rings. The zero-order chi connectivity index (χ0) is 25.5. The Balaban J connectivity index is 1.64. The maximum Gasteiger partial charge on any atom is 0.337 e. The summed E-state index contributed by atoms with van der Waals surface area (Å²) in [7, 11) is 0. The highest BCUT2D eigenvalue weighted by Crippen LogP contribution is 2.41. The van der Waals surface area contributed by atoms with Gasteiger partial charge in [-0.2, -0.15) is 5.26 Å².